The van der Waals surface area contributed by atoms with Crippen LogP contribution in [0.2, 0.25) is 0 Å². The fraction of sp³-hybridized carbons (Fsp3) is 0.957. The van der Waals surface area contributed by atoms with Crippen LogP contribution in [0.1, 0.15) is 110 Å². The van der Waals surface area contributed by atoms with Gasteiger partial charge in [0.25, 0.3) is 0 Å². The van der Waals surface area contributed by atoms with Crippen molar-refractivity contribution >= 4 is 6.16 Å². The van der Waals surface area contributed by atoms with Gasteiger partial charge < -0.3 is 20.5 Å². The number of rotatable bonds is 17. The lowest BCUT2D eigenvalue weighted by Crippen LogP contribution is -2.35. The Morgan fingerprint density at radius 1 is 0.679 bits per heavy atom. The number of carbonyl (C=O) groups is 1. The molecule has 0 fully saturated rings. The SMILES string of the molecule is CCCCCCCCCCCCCCCCCC[N+](C)(C)C.COC(=O)O.N. The molecule has 172 valence electrons. The molecule has 4 N–H and O–H groups in total. The van der Waals surface area contributed by atoms with Crippen molar-refractivity contribution in [1.29, 1.82) is 0 Å². The van der Waals surface area contributed by atoms with Crippen LogP contribution in [0.3, 0.4) is 0 Å². The Hall–Kier alpha value is -0.810. The number of nitrogens with zero attached hydrogens (tertiary/aromatic N) is 1. The number of hydrogen-bond acceptors (Lipinski definition) is 3. The number of quaternary nitrogens is 1. The van der Waals surface area contributed by atoms with Crippen LogP contribution in [-0.4, -0.2) is 50.5 Å². The zero-order valence-corrected chi connectivity index (χ0v) is 19.9. The minimum absolute atomic E-state index is 0. The Morgan fingerprint density at radius 2 is 0.929 bits per heavy atom. The maximum Gasteiger partial charge on any atom is 0.505 e. The van der Waals surface area contributed by atoms with Crippen LogP contribution in [0.4, 0.5) is 4.79 Å². The molecule has 0 unspecified atom stereocenters. The van der Waals surface area contributed by atoms with E-state index in [1.807, 2.05) is 0 Å². The maximum atomic E-state index is 9.15. The normalized spacial score (nSPS) is 10.6. The van der Waals surface area contributed by atoms with Gasteiger partial charge >= 0.3 is 6.16 Å². The first kappa shape index (κ1) is 31.9. The fourth-order valence-corrected chi connectivity index (χ4v) is 3.13. The van der Waals surface area contributed by atoms with Gasteiger partial charge in [-0.1, -0.05) is 96.8 Å². The lowest BCUT2D eigenvalue weighted by Gasteiger charge is -2.23. The molecule has 0 aromatic rings. The Bertz CT molecular complexity index is 305. The summed E-state index contributed by atoms with van der Waals surface area (Å²) in [6.07, 6.45) is 22.1. The molecule has 0 radical (unpaired) electrons. The van der Waals surface area contributed by atoms with Crippen molar-refractivity contribution in [1.82, 2.24) is 6.15 Å². The highest BCUT2D eigenvalue weighted by Crippen LogP contribution is 2.13. The van der Waals surface area contributed by atoms with E-state index in [1.54, 1.807) is 0 Å². The van der Waals surface area contributed by atoms with Crippen LogP contribution in [-0.2, 0) is 4.74 Å². The number of carboxylic acid groups (broad SMARTS) is 1. The Labute approximate surface area is 176 Å². The third-order valence-corrected chi connectivity index (χ3v) is 4.86. The largest absolute Gasteiger partial charge is 0.505 e. The number of unbranched alkanes of at least 4 members (excludes halogenated alkanes) is 15. The molecule has 0 amide bonds. The van der Waals surface area contributed by atoms with Crippen molar-refractivity contribution in [3.8, 4) is 0 Å². The third kappa shape index (κ3) is 36.2. The molecule has 0 aromatic carbocycles. The van der Waals surface area contributed by atoms with Gasteiger partial charge in [0.05, 0.1) is 34.8 Å². The number of methoxy groups -OCH3 is 1. The smallest absolute Gasteiger partial charge is 0.450 e. The molecule has 0 bridgehead atoms. The van der Waals surface area contributed by atoms with Crippen molar-refractivity contribution < 1.29 is 19.1 Å². The van der Waals surface area contributed by atoms with Crippen molar-refractivity contribution in [2.75, 3.05) is 34.8 Å². The Balaban J connectivity index is -0.000000918. The minimum Gasteiger partial charge on any atom is -0.450 e. The van der Waals surface area contributed by atoms with E-state index in [-0.39, 0.29) is 6.15 Å². The fourth-order valence-electron chi connectivity index (χ4n) is 3.13. The van der Waals surface area contributed by atoms with E-state index in [0.717, 1.165) is 11.6 Å². The summed E-state index contributed by atoms with van der Waals surface area (Å²) in [7, 11) is 7.99. The quantitative estimate of drug-likeness (QED) is 0.150. The maximum absolute atomic E-state index is 9.15. The molecule has 0 spiro atoms. The summed E-state index contributed by atoms with van der Waals surface area (Å²) in [6.45, 7) is 3.63. The monoisotopic (exact) mass is 405 g/mol. The first-order valence-corrected chi connectivity index (χ1v) is 11.4. The number of hydrogen-bond donors (Lipinski definition) is 2. The van der Waals surface area contributed by atoms with Gasteiger partial charge in [-0.05, 0) is 12.8 Å². The van der Waals surface area contributed by atoms with Crippen LogP contribution in [0.5, 0.6) is 0 Å². The summed E-state index contributed by atoms with van der Waals surface area (Å²) in [5.41, 5.74) is 0. The van der Waals surface area contributed by atoms with Gasteiger partial charge in [0.15, 0.2) is 0 Å². The van der Waals surface area contributed by atoms with E-state index in [0.29, 0.717) is 0 Å². The van der Waals surface area contributed by atoms with Gasteiger partial charge in [-0.3, -0.25) is 0 Å². The summed E-state index contributed by atoms with van der Waals surface area (Å²) in [5.74, 6) is 0. The van der Waals surface area contributed by atoms with Gasteiger partial charge in [-0.15, -0.1) is 0 Å². The van der Waals surface area contributed by atoms with Gasteiger partial charge in [0.2, 0.25) is 0 Å². The molecule has 0 atom stereocenters. The molecule has 28 heavy (non-hydrogen) atoms. The highest BCUT2D eigenvalue weighted by molar-refractivity contribution is 5.56. The van der Waals surface area contributed by atoms with Crippen molar-refractivity contribution in [3.63, 3.8) is 0 Å². The van der Waals surface area contributed by atoms with Crippen molar-refractivity contribution in [2.24, 2.45) is 0 Å². The summed E-state index contributed by atoms with van der Waals surface area (Å²) in [6, 6.07) is 0. The topological polar surface area (TPSA) is 81.5 Å². The summed E-state index contributed by atoms with van der Waals surface area (Å²) in [4.78, 5) is 9.15. The molecule has 0 saturated carbocycles. The molecular formula is C23H53N2O3+. The standard InChI is InChI=1S/C21H46N.C2H4O3.H3N/c1-5-6-7-8-9-10-11-12-13-14-15-16-17-18-19-20-21-22(2,3)4;1-5-2(3)4;/h5-21H2,1-4H3;1H3,(H,3,4);1H3/q+1;;. The molecule has 5 heteroatoms. The molecule has 0 aliphatic rings. The second-order valence-corrected chi connectivity index (χ2v) is 8.79. The zero-order chi connectivity index (χ0) is 20.8. The Morgan fingerprint density at radius 3 is 1.14 bits per heavy atom. The molecule has 0 rings (SSSR count). The third-order valence-electron chi connectivity index (χ3n) is 4.86. The molecule has 0 heterocycles. The predicted molar refractivity (Wildman–Crippen MR) is 123 cm³/mol. The summed E-state index contributed by atoms with van der Waals surface area (Å²) >= 11 is 0. The summed E-state index contributed by atoms with van der Waals surface area (Å²) in [5, 5.41) is 7.50. The van der Waals surface area contributed by atoms with Gasteiger partial charge in [-0.25, -0.2) is 4.79 Å². The van der Waals surface area contributed by atoms with Gasteiger partial charge in [0.1, 0.15) is 0 Å². The average Bonchev–Trinajstić information content (AvgIpc) is 2.61. The lowest BCUT2D eigenvalue weighted by molar-refractivity contribution is -0.870. The highest BCUT2D eigenvalue weighted by atomic mass is 16.6. The van der Waals surface area contributed by atoms with E-state index in [2.05, 4.69) is 32.8 Å². The zero-order valence-electron chi connectivity index (χ0n) is 19.9. The Kier molecular flexibility index (Phi) is 27.6. The van der Waals surface area contributed by atoms with E-state index < -0.39 is 6.16 Å². The van der Waals surface area contributed by atoms with Crippen molar-refractivity contribution in [3.05, 3.63) is 0 Å². The van der Waals surface area contributed by atoms with Gasteiger partial charge in [0, 0.05) is 0 Å². The molecule has 0 aliphatic carbocycles. The second kappa shape index (κ2) is 24.2. The predicted octanol–water partition coefficient (Wildman–Crippen LogP) is 7.43. The van der Waals surface area contributed by atoms with Crippen LogP contribution < -0.4 is 6.15 Å². The molecule has 0 aromatic heterocycles. The van der Waals surface area contributed by atoms with Crippen LogP contribution >= 0.6 is 0 Å². The van der Waals surface area contributed by atoms with E-state index >= 15 is 0 Å². The number of ether oxygens (including phenoxy) is 1. The second-order valence-electron chi connectivity index (χ2n) is 8.79. The first-order chi connectivity index (χ1) is 12.8. The van der Waals surface area contributed by atoms with Crippen molar-refractivity contribution in [2.45, 2.75) is 110 Å². The summed E-state index contributed by atoms with van der Waals surface area (Å²) < 4.78 is 4.79. The molecule has 0 aliphatic heterocycles. The van der Waals surface area contributed by atoms with E-state index in [9.17, 15) is 0 Å². The van der Waals surface area contributed by atoms with E-state index in [1.165, 1.54) is 109 Å². The van der Waals surface area contributed by atoms with Gasteiger partial charge in [-0.2, -0.15) is 0 Å². The lowest BCUT2D eigenvalue weighted by atomic mass is 10.0. The molecule has 0 saturated heterocycles. The highest BCUT2D eigenvalue weighted by Gasteiger charge is 2.04. The average molecular weight is 406 g/mol. The first-order valence-electron chi connectivity index (χ1n) is 11.4. The van der Waals surface area contributed by atoms with Crippen LogP contribution in [0.25, 0.3) is 0 Å². The minimum atomic E-state index is -1.25. The molecular weight excluding hydrogens is 352 g/mol. The van der Waals surface area contributed by atoms with Crippen LogP contribution in [0, 0.1) is 0 Å². The van der Waals surface area contributed by atoms with Crippen LogP contribution in [0.15, 0.2) is 0 Å². The molecule has 5 nitrogen and oxygen atoms in total. The van der Waals surface area contributed by atoms with E-state index in [4.69, 9.17) is 9.90 Å².